The zero-order valence-corrected chi connectivity index (χ0v) is 22.9. The number of anilines is 1. The molecule has 40 heavy (non-hydrogen) atoms. The quantitative estimate of drug-likeness (QED) is 0.227. The van der Waals surface area contributed by atoms with Crippen molar-refractivity contribution in [1.82, 2.24) is 19.8 Å². The molecule has 5 rings (SSSR count). The largest absolute Gasteiger partial charge is 0.495 e. The molecule has 2 aromatic carbocycles. The first-order valence-electron chi connectivity index (χ1n) is 12.8. The number of pyridine rings is 1. The number of ether oxygens (including phenoxy) is 2. The molecule has 2 aromatic heterocycles. The van der Waals surface area contributed by atoms with Gasteiger partial charge in [-0.15, -0.1) is 0 Å². The van der Waals surface area contributed by atoms with E-state index < -0.39 is 5.97 Å². The molecule has 1 saturated heterocycles. The Hall–Kier alpha value is -4.70. The number of esters is 1. The van der Waals surface area contributed by atoms with Crippen LogP contribution in [0.1, 0.15) is 40.3 Å². The maximum Gasteiger partial charge on any atom is 0.337 e. The van der Waals surface area contributed by atoms with Gasteiger partial charge in [0.25, 0.3) is 0 Å². The second-order valence-electron chi connectivity index (χ2n) is 9.16. The van der Waals surface area contributed by atoms with Crippen molar-refractivity contribution in [3.8, 4) is 11.4 Å². The Labute approximate surface area is 237 Å². The number of nitrogens with zero attached hydrogens (tertiary/aromatic N) is 3. The molecule has 1 aliphatic heterocycles. The fourth-order valence-electron chi connectivity index (χ4n) is 4.92. The second kappa shape index (κ2) is 12.0. The Morgan fingerprint density at radius 3 is 2.62 bits per heavy atom. The minimum Gasteiger partial charge on any atom is -0.495 e. The third kappa shape index (κ3) is 5.52. The van der Waals surface area contributed by atoms with E-state index in [4.69, 9.17) is 21.7 Å². The Morgan fingerprint density at radius 2 is 1.85 bits per heavy atom. The summed E-state index contributed by atoms with van der Waals surface area (Å²) in [5.74, 6) is 0.0242. The first-order chi connectivity index (χ1) is 19.5. The van der Waals surface area contributed by atoms with Gasteiger partial charge in [0, 0.05) is 36.7 Å². The van der Waals surface area contributed by atoms with Crippen LogP contribution in [-0.2, 0) is 9.53 Å². The van der Waals surface area contributed by atoms with Crippen molar-refractivity contribution in [2.75, 3.05) is 26.1 Å². The number of hydrogen-bond acceptors (Lipinski definition) is 6. The molecule has 1 aliphatic rings. The molecule has 0 radical (unpaired) electrons. The average molecular weight is 556 g/mol. The Balaban J connectivity index is 1.46. The van der Waals surface area contributed by atoms with Crippen molar-refractivity contribution in [3.05, 3.63) is 108 Å². The van der Waals surface area contributed by atoms with E-state index in [1.165, 1.54) is 7.11 Å². The van der Waals surface area contributed by atoms with Crippen LogP contribution < -0.4 is 15.4 Å². The predicted molar refractivity (Wildman–Crippen MR) is 156 cm³/mol. The lowest BCUT2D eigenvalue weighted by Gasteiger charge is -2.29. The molecule has 0 aliphatic carbocycles. The zero-order chi connectivity index (χ0) is 28.1. The topological polar surface area (TPSA) is 97.7 Å². The number of rotatable bonds is 9. The van der Waals surface area contributed by atoms with E-state index in [1.807, 2.05) is 70.3 Å². The van der Waals surface area contributed by atoms with Gasteiger partial charge >= 0.3 is 5.97 Å². The molecule has 2 atom stereocenters. The van der Waals surface area contributed by atoms with Crippen molar-refractivity contribution in [3.63, 3.8) is 0 Å². The lowest BCUT2D eigenvalue weighted by molar-refractivity contribution is -0.116. The minimum atomic E-state index is -0.409. The second-order valence-corrected chi connectivity index (χ2v) is 9.55. The van der Waals surface area contributed by atoms with E-state index in [0.717, 1.165) is 17.1 Å². The van der Waals surface area contributed by atoms with Gasteiger partial charge in [0.2, 0.25) is 5.91 Å². The Kier molecular flexibility index (Phi) is 8.07. The molecule has 0 spiro atoms. The summed E-state index contributed by atoms with van der Waals surface area (Å²) < 4.78 is 12.3. The SMILES string of the molecule is COC(=O)c1cccc(-n2cccc2[C@H]2[C@@H](c3ccccn3)NC(=S)N2CCC(=O)Nc2ccccc2OC)c1. The molecular weight excluding hydrogens is 526 g/mol. The molecule has 3 heterocycles. The van der Waals surface area contributed by atoms with Crippen molar-refractivity contribution in [2.45, 2.75) is 18.5 Å². The van der Waals surface area contributed by atoms with Crippen molar-refractivity contribution < 1.29 is 19.1 Å². The fraction of sp³-hybridized carbons (Fsp3) is 0.200. The summed E-state index contributed by atoms with van der Waals surface area (Å²) >= 11 is 5.79. The van der Waals surface area contributed by atoms with E-state index in [-0.39, 0.29) is 24.4 Å². The van der Waals surface area contributed by atoms with Crippen LogP contribution >= 0.6 is 12.2 Å². The van der Waals surface area contributed by atoms with E-state index in [1.54, 1.807) is 37.6 Å². The third-order valence-electron chi connectivity index (χ3n) is 6.79. The summed E-state index contributed by atoms with van der Waals surface area (Å²) in [5.41, 5.74) is 3.61. The first-order valence-corrected chi connectivity index (χ1v) is 13.2. The average Bonchev–Trinajstić information content (AvgIpc) is 3.60. The van der Waals surface area contributed by atoms with Crippen LogP contribution in [0.3, 0.4) is 0 Å². The number of carbonyl (C=O) groups is 2. The number of thiocarbonyl (C=S) groups is 1. The highest BCUT2D eigenvalue weighted by molar-refractivity contribution is 7.80. The van der Waals surface area contributed by atoms with Crippen LogP contribution in [0.5, 0.6) is 5.75 Å². The number of benzene rings is 2. The maximum atomic E-state index is 13.0. The molecule has 0 unspecified atom stereocenters. The van der Waals surface area contributed by atoms with Crippen LogP contribution in [0.15, 0.2) is 91.3 Å². The summed E-state index contributed by atoms with van der Waals surface area (Å²) in [5, 5.41) is 6.89. The summed E-state index contributed by atoms with van der Waals surface area (Å²) in [6.45, 7) is 0.369. The van der Waals surface area contributed by atoms with Gasteiger partial charge in [-0.05, 0) is 66.8 Å². The van der Waals surface area contributed by atoms with Gasteiger partial charge < -0.3 is 29.6 Å². The predicted octanol–water partition coefficient (Wildman–Crippen LogP) is 4.67. The number of carbonyl (C=O) groups excluding carboxylic acids is 2. The summed E-state index contributed by atoms with van der Waals surface area (Å²) in [6.07, 6.45) is 3.89. The van der Waals surface area contributed by atoms with Crippen LogP contribution in [0, 0.1) is 0 Å². The molecule has 10 heteroatoms. The molecule has 204 valence electrons. The molecule has 4 aromatic rings. The molecule has 9 nitrogen and oxygen atoms in total. The van der Waals surface area contributed by atoms with E-state index in [0.29, 0.717) is 28.7 Å². The monoisotopic (exact) mass is 555 g/mol. The molecule has 2 N–H and O–H groups in total. The molecule has 1 fully saturated rings. The highest BCUT2D eigenvalue weighted by Crippen LogP contribution is 2.39. The normalized spacial score (nSPS) is 16.4. The lowest BCUT2D eigenvalue weighted by atomic mass is 10.0. The van der Waals surface area contributed by atoms with Crippen LogP contribution in [0.2, 0.25) is 0 Å². The zero-order valence-electron chi connectivity index (χ0n) is 22.1. The van der Waals surface area contributed by atoms with E-state index in [9.17, 15) is 9.59 Å². The fourth-order valence-corrected chi connectivity index (χ4v) is 5.25. The number of para-hydroxylation sites is 2. The van der Waals surface area contributed by atoms with Crippen molar-refractivity contribution in [1.29, 1.82) is 0 Å². The van der Waals surface area contributed by atoms with Gasteiger partial charge in [-0.1, -0.05) is 24.3 Å². The molecular formula is C30H29N5O4S. The van der Waals surface area contributed by atoms with Gasteiger partial charge in [0.1, 0.15) is 5.75 Å². The summed E-state index contributed by atoms with van der Waals surface area (Å²) in [7, 11) is 2.93. The maximum absolute atomic E-state index is 13.0. The number of hydrogen-bond donors (Lipinski definition) is 2. The smallest absolute Gasteiger partial charge is 0.337 e. The summed E-state index contributed by atoms with van der Waals surface area (Å²) in [4.78, 5) is 31.8. The highest BCUT2D eigenvalue weighted by atomic mass is 32.1. The van der Waals surface area contributed by atoms with Crippen molar-refractivity contribution >= 4 is 34.9 Å². The summed E-state index contributed by atoms with van der Waals surface area (Å²) in [6, 6.07) is 23.7. The van der Waals surface area contributed by atoms with Crippen LogP contribution in [0.4, 0.5) is 5.69 Å². The minimum absolute atomic E-state index is 0.159. The van der Waals surface area contributed by atoms with Crippen LogP contribution in [0.25, 0.3) is 5.69 Å². The molecule has 0 saturated carbocycles. The lowest BCUT2D eigenvalue weighted by Crippen LogP contribution is -2.33. The van der Waals surface area contributed by atoms with Gasteiger partial charge in [-0.2, -0.15) is 0 Å². The first kappa shape index (κ1) is 26.9. The van der Waals surface area contributed by atoms with Crippen LogP contribution in [-0.4, -0.2) is 52.2 Å². The highest BCUT2D eigenvalue weighted by Gasteiger charge is 2.41. The molecule has 1 amide bonds. The van der Waals surface area contributed by atoms with E-state index >= 15 is 0 Å². The number of amides is 1. The van der Waals surface area contributed by atoms with Gasteiger partial charge in [-0.3, -0.25) is 9.78 Å². The third-order valence-corrected chi connectivity index (χ3v) is 7.14. The van der Waals surface area contributed by atoms with Gasteiger partial charge in [0.05, 0.1) is 43.2 Å². The molecule has 0 bridgehead atoms. The Bertz CT molecular complexity index is 1520. The van der Waals surface area contributed by atoms with Gasteiger partial charge in [0.15, 0.2) is 5.11 Å². The Morgan fingerprint density at radius 1 is 1.02 bits per heavy atom. The number of aromatic nitrogens is 2. The van der Waals surface area contributed by atoms with Gasteiger partial charge in [-0.25, -0.2) is 4.79 Å². The number of methoxy groups -OCH3 is 2. The van der Waals surface area contributed by atoms with E-state index in [2.05, 4.69) is 15.6 Å². The number of nitrogens with one attached hydrogen (secondary N) is 2. The standard InChI is InChI=1S/C30H29N5O4S/c1-38-25-14-4-3-11-22(25)32-26(36)15-18-35-28(27(33-30(35)40)23-12-5-6-16-31-23)24-13-8-17-34(24)21-10-7-9-20(19-21)29(37)39-2/h3-14,16-17,19,27-28H,15,18H2,1-2H3,(H,32,36)(H,33,40)/t27-,28+/m1/s1. The van der Waals surface area contributed by atoms with Crippen molar-refractivity contribution in [2.24, 2.45) is 0 Å².